The summed E-state index contributed by atoms with van der Waals surface area (Å²) in [5, 5.41) is 8.56. The Morgan fingerprint density at radius 1 is 1.13 bits per heavy atom. The van der Waals surface area contributed by atoms with Gasteiger partial charge in [-0.05, 0) is 26.0 Å². The number of hydrogen-bond donors (Lipinski definition) is 1. The van der Waals surface area contributed by atoms with Crippen molar-refractivity contribution in [2.24, 2.45) is 0 Å². The van der Waals surface area contributed by atoms with Crippen LogP contribution in [0.15, 0.2) is 33.9 Å². The molecule has 9 nitrogen and oxygen atoms in total. The van der Waals surface area contributed by atoms with Crippen molar-refractivity contribution in [1.29, 1.82) is 0 Å². The van der Waals surface area contributed by atoms with Gasteiger partial charge >= 0.3 is 11.9 Å². The minimum Gasteiger partial charge on any atom is -0.496 e. The lowest BCUT2D eigenvalue weighted by Gasteiger charge is -2.06. The maximum absolute atomic E-state index is 12.4. The summed E-state index contributed by atoms with van der Waals surface area (Å²) in [6.45, 7) is 3.78. The largest absolute Gasteiger partial charge is 0.496 e. The van der Waals surface area contributed by atoms with Gasteiger partial charge in [-0.15, -0.1) is 21.5 Å². The molecule has 164 valence electrons. The molecule has 0 unspecified atom stereocenters. The Balaban J connectivity index is 1.88. The zero-order valence-corrected chi connectivity index (χ0v) is 18.8. The molecule has 0 saturated heterocycles. The van der Waals surface area contributed by atoms with E-state index in [1.165, 1.54) is 11.8 Å². The van der Waals surface area contributed by atoms with Crippen LogP contribution >= 0.6 is 23.1 Å². The summed E-state index contributed by atoms with van der Waals surface area (Å²) in [7, 11) is 1.56. The van der Waals surface area contributed by atoms with Crippen molar-refractivity contribution in [3.63, 3.8) is 0 Å². The van der Waals surface area contributed by atoms with Crippen LogP contribution in [-0.2, 0) is 15.2 Å². The Hall–Kier alpha value is -3.05. The molecule has 0 aliphatic heterocycles. The van der Waals surface area contributed by atoms with Gasteiger partial charge in [-0.3, -0.25) is 0 Å². The predicted octanol–water partition coefficient (Wildman–Crippen LogP) is 4.03. The third kappa shape index (κ3) is 5.00. The highest BCUT2D eigenvalue weighted by atomic mass is 32.2. The number of nitrogen functional groups attached to an aromatic ring is 1. The van der Waals surface area contributed by atoms with E-state index in [1.807, 2.05) is 12.1 Å². The first kappa shape index (κ1) is 22.6. The highest BCUT2D eigenvalue weighted by molar-refractivity contribution is 7.98. The molecule has 0 aliphatic rings. The van der Waals surface area contributed by atoms with Crippen LogP contribution in [0.5, 0.6) is 5.75 Å². The van der Waals surface area contributed by atoms with Crippen LogP contribution in [-0.4, -0.2) is 42.5 Å². The first-order chi connectivity index (χ1) is 15.0. The number of benzene rings is 1. The molecular weight excluding hydrogens is 442 g/mol. The van der Waals surface area contributed by atoms with Crippen molar-refractivity contribution in [2.75, 3.05) is 26.1 Å². The van der Waals surface area contributed by atoms with Crippen molar-refractivity contribution in [3.8, 4) is 17.2 Å². The lowest BCUT2D eigenvalue weighted by atomic mass is 10.1. The quantitative estimate of drug-likeness (QED) is 0.367. The van der Waals surface area contributed by atoms with Gasteiger partial charge in [0.2, 0.25) is 0 Å². The van der Waals surface area contributed by atoms with Crippen molar-refractivity contribution in [2.45, 2.75) is 24.8 Å². The summed E-state index contributed by atoms with van der Waals surface area (Å²) in [4.78, 5) is 25.1. The smallest absolute Gasteiger partial charge is 0.348 e. The van der Waals surface area contributed by atoms with E-state index in [0.29, 0.717) is 22.8 Å². The lowest BCUT2D eigenvalue weighted by Crippen LogP contribution is -2.11. The van der Waals surface area contributed by atoms with Crippen molar-refractivity contribution in [3.05, 3.63) is 40.3 Å². The van der Waals surface area contributed by atoms with E-state index in [0.717, 1.165) is 11.3 Å². The number of nitrogens with zero attached hydrogens (tertiary/aromatic N) is 2. The average molecular weight is 464 g/mol. The molecule has 2 aromatic heterocycles. The Bertz CT molecular complexity index is 1080. The zero-order chi connectivity index (χ0) is 22.4. The van der Waals surface area contributed by atoms with Crippen LogP contribution in [0, 0.1) is 0 Å². The fourth-order valence-electron chi connectivity index (χ4n) is 2.74. The number of ether oxygens (including phenoxy) is 3. The summed E-state index contributed by atoms with van der Waals surface area (Å²) >= 11 is 2.16. The minimum absolute atomic E-state index is 0.159. The number of aromatic nitrogens is 2. The van der Waals surface area contributed by atoms with Gasteiger partial charge in [-0.2, -0.15) is 0 Å². The highest BCUT2D eigenvalue weighted by Gasteiger charge is 2.28. The van der Waals surface area contributed by atoms with Crippen LogP contribution in [0.4, 0.5) is 5.00 Å². The fourth-order valence-corrected chi connectivity index (χ4v) is 4.60. The first-order valence-electron chi connectivity index (χ1n) is 9.35. The van der Waals surface area contributed by atoms with E-state index in [-0.39, 0.29) is 39.6 Å². The third-order valence-corrected chi connectivity index (χ3v) is 5.94. The van der Waals surface area contributed by atoms with Gasteiger partial charge < -0.3 is 24.4 Å². The van der Waals surface area contributed by atoms with E-state index in [2.05, 4.69) is 10.2 Å². The number of carbonyl (C=O) groups excluding carboxylic acids is 2. The molecule has 2 heterocycles. The molecule has 0 fully saturated rings. The van der Waals surface area contributed by atoms with Crippen molar-refractivity contribution in [1.82, 2.24) is 10.2 Å². The Labute approximate surface area is 186 Å². The number of nitrogens with two attached hydrogens (primary N) is 1. The maximum Gasteiger partial charge on any atom is 0.348 e. The molecule has 2 N–H and O–H groups in total. The summed E-state index contributed by atoms with van der Waals surface area (Å²) in [5.74, 6) is -0.0689. The van der Waals surface area contributed by atoms with Gasteiger partial charge in [-0.25, -0.2) is 9.59 Å². The van der Waals surface area contributed by atoms with Crippen LogP contribution in [0.1, 0.15) is 39.4 Å². The summed E-state index contributed by atoms with van der Waals surface area (Å²) in [6, 6.07) is 7.26. The molecule has 1 aromatic carbocycles. The summed E-state index contributed by atoms with van der Waals surface area (Å²) in [5.41, 5.74) is 7.26. The molecule has 0 saturated carbocycles. The van der Waals surface area contributed by atoms with Gasteiger partial charge in [0.1, 0.15) is 15.6 Å². The van der Waals surface area contributed by atoms with Crippen LogP contribution in [0.3, 0.4) is 0 Å². The molecule has 0 bridgehead atoms. The second-order valence-corrected chi connectivity index (χ2v) is 7.93. The predicted molar refractivity (Wildman–Crippen MR) is 116 cm³/mol. The molecule has 0 spiro atoms. The van der Waals surface area contributed by atoms with E-state index >= 15 is 0 Å². The molecule has 31 heavy (non-hydrogen) atoms. The number of carbonyl (C=O) groups is 2. The van der Waals surface area contributed by atoms with Gasteiger partial charge in [0.05, 0.1) is 31.5 Å². The second-order valence-electron chi connectivity index (χ2n) is 5.95. The summed E-state index contributed by atoms with van der Waals surface area (Å²) < 4.78 is 21.3. The first-order valence-corrected chi connectivity index (χ1v) is 11.1. The Morgan fingerprint density at radius 2 is 1.84 bits per heavy atom. The number of thiophene rings is 1. The van der Waals surface area contributed by atoms with E-state index in [4.69, 9.17) is 24.4 Å². The number of hydrogen-bond acceptors (Lipinski definition) is 11. The van der Waals surface area contributed by atoms with E-state index in [9.17, 15) is 9.59 Å². The minimum atomic E-state index is -0.595. The molecule has 0 aliphatic carbocycles. The number of rotatable bonds is 9. The standard InChI is InChI=1S/C20H21N3O6S2/c1-4-27-18(24)14-12(15(31-16(14)21)19(25)28-5-2)10-30-20-23-22-17(29-20)11-8-6-7-9-13(11)26-3/h6-9H,4-5,10,21H2,1-3H3. The number of methoxy groups -OCH3 is 1. The Morgan fingerprint density at radius 3 is 2.55 bits per heavy atom. The molecule has 3 rings (SSSR count). The van der Waals surface area contributed by atoms with Crippen LogP contribution in [0.25, 0.3) is 11.5 Å². The fraction of sp³-hybridized carbons (Fsp3) is 0.300. The number of thioether (sulfide) groups is 1. The molecule has 11 heteroatoms. The van der Waals surface area contributed by atoms with Gasteiger partial charge in [-0.1, -0.05) is 23.9 Å². The van der Waals surface area contributed by atoms with Crippen LogP contribution in [0.2, 0.25) is 0 Å². The third-order valence-electron chi connectivity index (χ3n) is 4.06. The number of anilines is 1. The van der Waals surface area contributed by atoms with E-state index in [1.54, 1.807) is 33.1 Å². The molecule has 3 aromatic rings. The SMILES string of the molecule is CCOC(=O)c1sc(N)c(C(=O)OCC)c1CSc1nnc(-c2ccccc2OC)o1. The Kier molecular flexibility index (Phi) is 7.53. The average Bonchev–Trinajstić information content (AvgIpc) is 3.36. The molecule has 0 amide bonds. The number of esters is 2. The van der Waals surface area contributed by atoms with E-state index < -0.39 is 11.9 Å². The van der Waals surface area contributed by atoms with Gasteiger partial charge in [0.25, 0.3) is 11.1 Å². The van der Waals surface area contributed by atoms with Gasteiger partial charge in [0, 0.05) is 11.3 Å². The van der Waals surface area contributed by atoms with Gasteiger partial charge in [0.15, 0.2) is 0 Å². The van der Waals surface area contributed by atoms with Crippen molar-refractivity contribution < 1.29 is 28.2 Å². The van der Waals surface area contributed by atoms with Crippen molar-refractivity contribution >= 4 is 40.0 Å². The number of para-hydroxylation sites is 1. The second kappa shape index (κ2) is 10.3. The highest BCUT2D eigenvalue weighted by Crippen LogP contribution is 2.37. The normalized spacial score (nSPS) is 10.7. The zero-order valence-electron chi connectivity index (χ0n) is 17.2. The molecule has 0 atom stereocenters. The monoisotopic (exact) mass is 463 g/mol. The maximum atomic E-state index is 12.4. The summed E-state index contributed by atoms with van der Waals surface area (Å²) in [6.07, 6.45) is 0. The van der Waals surface area contributed by atoms with Crippen LogP contribution < -0.4 is 10.5 Å². The molecule has 0 radical (unpaired) electrons. The lowest BCUT2D eigenvalue weighted by molar-refractivity contribution is 0.0527. The molecular formula is C20H21N3O6S2. The topological polar surface area (TPSA) is 127 Å².